The first-order valence-corrected chi connectivity index (χ1v) is 6.01. The van der Waals surface area contributed by atoms with Crippen LogP contribution in [0.2, 0.25) is 0 Å². The first-order valence-electron chi connectivity index (χ1n) is 6.01. The van der Waals surface area contributed by atoms with E-state index in [0.29, 0.717) is 6.07 Å². The lowest BCUT2D eigenvalue weighted by Gasteiger charge is -2.10. The lowest BCUT2D eigenvalue weighted by molar-refractivity contribution is -0.384. The average Bonchev–Trinajstić information content (AvgIpc) is 2.45. The van der Waals surface area contributed by atoms with Crippen LogP contribution in [0.5, 0.6) is 0 Å². The fraction of sp³-hybridized carbons (Fsp3) is 0.143. The smallest absolute Gasteiger partial charge is 0.375 e. The van der Waals surface area contributed by atoms with Crippen LogP contribution in [0.25, 0.3) is 0 Å². The monoisotopic (exact) mass is 296 g/mol. The summed E-state index contributed by atoms with van der Waals surface area (Å²) in [5, 5.41) is 13.7. The van der Waals surface area contributed by atoms with Crippen LogP contribution in [-0.2, 0) is 12.7 Å². The first-order chi connectivity index (χ1) is 9.88. The minimum atomic E-state index is -4.61. The molecule has 0 bridgehead atoms. The summed E-state index contributed by atoms with van der Waals surface area (Å²) in [7, 11) is 0. The molecule has 0 fully saturated rings. The van der Waals surface area contributed by atoms with Gasteiger partial charge in [-0.15, -0.1) is 0 Å². The van der Waals surface area contributed by atoms with Gasteiger partial charge in [-0.05, 0) is 17.7 Å². The zero-order valence-corrected chi connectivity index (χ0v) is 10.7. The van der Waals surface area contributed by atoms with Crippen molar-refractivity contribution in [3.8, 4) is 0 Å². The van der Waals surface area contributed by atoms with E-state index in [1.54, 1.807) is 12.1 Å². The van der Waals surface area contributed by atoms with E-state index in [2.05, 4.69) is 5.32 Å². The SMILES string of the molecule is O=[N+]([O-])c1cc(C(F)(F)F)ccc1NCc1ccccc1. The summed E-state index contributed by atoms with van der Waals surface area (Å²) in [5.41, 5.74) is -0.719. The maximum atomic E-state index is 12.6. The molecule has 0 amide bonds. The highest BCUT2D eigenvalue weighted by Gasteiger charge is 2.32. The number of halogens is 3. The maximum absolute atomic E-state index is 12.6. The molecule has 0 unspecified atom stereocenters. The molecule has 2 aromatic carbocycles. The van der Waals surface area contributed by atoms with Crippen molar-refractivity contribution in [1.29, 1.82) is 0 Å². The molecule has 2 aromatic rings. The second-order valence-electron chi connectivity index (χ2n) is 4.33. The summed E-state index contributed by atoms with van der Waals surface area (Å²) in [6.45, 7) is 0.285. The van der Waals surface area contributed by atoms with E-state index in [0.717, 1.165) is 17.7 Å². The van der Waals surface area contributed by atoms with Gasteiger partial charge in [0.25, 0.3) is 5.69 Å². The molecule has 0 saturated carbocycles. The van der Waals surface area contributed by atoms with E-state index < -0.39 is 22.4 Å². The maximum Gasteiger partial charge on any atom is 0.416 e. The molecule has 0 heterocycles. The number of rotatable bonds is 4. The number of hydrogen-bond donors (Lipinski definition) is 1. The van der Waals surface area contributed by atoms with E-state index in [4.69, 9.17) is 0 Å². The lowest BCUT2D eigenvalue weighted by Crippen LogP contribution is -2.08. The molecule has 1 N–H and O–H groups in total. The summed E-state index contributed by atoms with van der Waals surface area (Å²) >= 11 is 0. The molecule has 0 saturated heterocycles. The topological polar surface area (TPSA) is 55.2 Å². The van der Waals surface area contributed by atoms with Gasteiger partial charge in [0, 0.05) is 12.6 Å². The first kappa shape index (κ1) is 14.8. The number of nitro benzene ring substituents is 1. The van der Waals surface area contributed by atoms with Gasteiger partial charge in [-0.25, -0.2) is 0 Å². The Balaban J connectivity index is 2.25. The van der Waals surface area contributed by atoms with Crippen molar-refractivity contribution in [2.24, 2.45) is 0 Å². The number of hydrogen-bond acceptors (Lipinski definition) is 3. The van der Waals surface area contributed by atoms with E-state index in [1.165, 1.54) is 0 Å². The number of anilines is 1. The fourth-order valence-corrected chi connectivity index (χ4v) is 1.80. The molecule has 4 nitrogen and oxygen atoms in total. The van der Waals surface area contributed by atoms with Crippen LogP contribution in [-0.4, -0.2) is 4.92 Å². The van der Waals surface area contributed by atoms with E-state index in [-0.39, 0.29) is 12.2 Å². The largest absolute Gasteiger partial charge is 0.416 e. The minimum Gasteiger partial charge on any atom is -0.375 e. The fourth-order valence-electron chi connectivity index (χ4n) is 1.80. The van der Waals surface area contributed by atoms with Gasteiger partial charge in [-0.3, -0.25) is 10.1 Å². The molecule has 0 atom stereocenters. The third-order valence-electron chi connectivity index (χ3n) is 2.85. The summed E-state index contributed by atoms with van der Waals surface area (Å²) in [6.07, 6.45) is -4.61. The van der Waals surface area contributed by atoms with Crippen molar-refractivity contribution >= 4 is 11.4 Å². The molecular formula is C14H11F3N2O2. The molecule has 0 aliphatic carbocycles. The Morgan fingerprint density at radius 1 is 1.10 bits per heavy atom. The summed E-state index contributed by atoms with van der Waals surface area (Å²) in [6, 6.07) is 11.5. The van der Waals surface area contributed by atoms with E-state index in [1.807, 2.05) is 18.2 Å². The Labute approximate surface area is 118 Å². The molecule has 0 aromatic heterocycles. The molecular weight excluding hydrogens is 285 g/mol. The Kier molecular flexibility index (Phi) is 4.11. The van der Waals surface area contributed by atoms with Gasteiger partial charge in [0.15, 0.2) is 0 Å². The zero-order valence-electron chi connectivity index (χ0n) is 10.7. The molecule has 21 heavy (non-hydrogen) atoms. The van der Waals surface area contributed by atoms with Crippen molar-refractivity contribution in [2.45, 2.75) is 12.7 Å². The van der Waals surface area contributed by atoms with E-state index >= 15 is 0 Å². The van der Waals surface area contributed by atoms with Gasteiger partial charge in [0.2, 0.25) is 0 Å². The van der Waals surface area contributed by atoms with Crippen LogP contribution >= 0.6 is 0 Å². The highest BCUT2D eigenvalue weighted by atomic mass is 19.4. The molecule has 0 aliphatic rings. The average molecular weight is 296 g/mol. The Morgan fingerprint density at radius 2 is 1.76 bits per heavy atom. The van der Waals surface area contributed by atoms with Gasteiger partial charge >= 0.3 is 6.18 Å². The van der Waals surface area contributed by atoms with Crippen LogP contribution < -0.4 is 5.32 Å². The van der Waals surface area contributed by atoms with Crippen molar-refractivity contribution in [2.75, 3.05) is 5.32 Å². The zero-order chi connectivity index (χ0) is 15.5. The van der Waals surface area contributed by atoms with Crippen molar-refractivity contribution < 1.29 is 18.1 Å². The van der Waals surface area contributed by atoms with Crippen LogP contribution in [0.3, 0.4) is 0 Å². The lowest BCUT2D eigenvalue weighted by atomic mass is 10.1. The second-order valence-corrected chi connectivity index (χ2v) is 4.33. The van der Waals surface area contributed by atoms with Gasteiger partial charge in [-0.1, -0.05) is 30.3 Å². The normalized spacial score (nSPS) is 11.2. The highest BCUT2D eigenvalue weighted by molar-refractivity contribution is 5.63. The molecule has 2 rings (SSSR count). The van der Waals surface area contributed by atoms with Crippen LogP contribution in [0.4, 0.5) is 24.5 Å². The summed E-state index contributed by atoms with van der Waals surface area (Å²) in [4.78, 5) is 10.1. The van der Waals surface area contributed by atoms with Crippen molar-refractivity contribution in [3.05, 3.63) is 69.8 Å². The van der Waals surface area contributed by atoms with E-state index in [9.17, 15) is 23.3 Å². The number of alkyl halides is 3. The number of nitro groups is 1. The highest BCUT2D eigenvalue weighted by Crippen LogP contribution is 2.35. The van der Waals surface area contributed by atoms with Crippen molar-refractivity contribution in [1.82, 2.24) is 0 Å². The van der Waals surface area contributed by atoms with Crippen LogP contribution in [0.1, 0.15) is 11.1 Å². The molecule has 0 aliphatic heterocycles. The third kappa shape index (κ3) is 3.71. The van der Waals surface area contributed by atoms with Gasteiger partial charge in [0.05, 0.1) is 10.5 Å². The third-order valence-corrected chi connectivity index (χ3v) is 2.85. The van der Waals surface area contributed by atoms with Crippen molar-refractivity contribution in [3.63, 3.8) is 0 Å². The quantitative estimate of drug-likeness (QED) is 0.678. The molecule has 110 valence electrons. The standard InChI is InChI=1S/C14H11F3N2O2/c15-14(16,17)11-6-7-12(13(8-11)19(20)21)18-9-10-4-2-1-3-5-10/h1-8,18H,9H2. The molecule has 0 radical (unpaired) electrons. The summed E-state index contributed by atoms with van der Waals surface area (Å²) < 4.78 is 37.7. The Bertz CT molecular complexity index is 642. The molecule has 0 spiro atoms. The predicted molar refractivity (Wildman–Crippen MR) is 71.9 cm³/mol. The Hall–Kier alpha value is -2.57. The van der Waals surface area contributed by atoms with Gasteiger partial charge in [0.1, 0.15) is 5.69 Å². The van der Waals surface area contributed by atoms with Crippen LogP contribution in [0.15, 0.2) is 48.5 Å². The minimum absolute atomic E-state index is 0.0526. The summed E-state index contributed by atoms with van der Waals surface area (Å²) in [5.74, 6) is 0. The number of benzene rings is 2. The number of nitrogens with zero attached hydrogens (tertiary/aromatic N) is 1. The second kappa shape index (κ2) is 5.82. The predicted octanol–water partition coefficient (Wildman–Crippen LogP) is 4.23. The molecule has 7 heteroatoms. The van der Waals surface area contributed by atoms with Crippen LogP contribution in [0, 0.1) is 10.1 Å². The van der Waals surface area contributed by atoms with Gasteiger partial charge < -0.3 is 5.32 Å². The Morgan fingerprint density at radius 3 is 2.33 bits per heavy atom. The van der Waals surface area contributed by atoms with Gasteiger partial charge in [-0.2, -0.15) is 13.2 Å². The number of nitrogens with one attached hydrogen (secondary N) is 1.